The lowest BCUT2D eigenvalue weighted by Crippen LogP contribution is -2.55. The predicted molar refractivity (Wildman–Crippen MR) is 239 cm³/mol. The van der Waals surface area contributed by atoms with E-state index in [0.717, 1.165) is 24.9 Å². The number of ether oxygens (including phenoxy) is 1. The minimum Gasteiger partial charge on any atom is -0.372 e. The monoisotopic (exact) mass is 762 g/mol. The fourth-order valence-corrected chi connectivity index (χ4v) is 9.27. The van der Waals surface area contributed by atoms with Gasteiger partial charge in [-0.25, -0.2) is 0 Å². The average Bonchev–Trinajstić information content (AvgIpc) is 3.41. The van der Waals surface area contributed by atoms with Crippen molar-refractivity contribution in [3.63, 3.8) is 0 Å². The van der Waals surface area contributed by atoms with Crippen LogP contribution >= 0.6 is 0 Å². The maximum absolute atomic E-state index is 5.78. The number of rotatable bonds is 0. The van der Waals surface area contributed by atoms with E-state index in [2.05, 4.69) is 128 Å². The molecule has 0 aromatic rings. The van der Waals surface area contributed by atoms with Gasteiger partial charge in [-0.1, -0.05) is 26.7 Å². The van der Waals surface area contributed by atoms with Crippen molar-refractivity contribution >= 4 is 0 Å². The van der Waals surface area contributed by atoms with Gasteiger partial charge in [0.1, 0.15) is 0 Å². The van der Waals surface area contributed by atoms with Crippen molar-refractivity contribution in [2.75, 3.05) is 65.4 Å². The Morgan fingerprint density at radius 2 is 0.574 bits per heavy atom. The Labute approximate surface area is 340 Å². The van der Waals surface area contributed by atoms with Gasteiger partial charge in [-0.3, -0.25) is 24.5 Å². The number of hydrogen-bond donors (Lipinski definition) is 0. The van der Waals surface area contributed by atoms with Crippen LogP contribution in [0.5, 0.6) is 0 Å². The molecule has 0 amide bonds. The number of nitrogens with zero attached hydrogens (tertiary/aromatic N) is 5. The molecule has 54 heavy (non-hydrogen) atoms. The van der Waals surface area contributed by atoms with E-state index in [1.54, 1.807) is 0 Å². The molecular formula is C48H99N5O. The lowest BCUT2D eigenvalue weighted by atomic mass is 9.70. The van der Waals surface area contributed by atoms with Crippen LogP contribution in [-0.2, 0) is 4.74 Å². The van der Waals surface area contributed by atoms with Gasteiger partial charge in [-0.15, -0.1) is 0 Å². The fraction of sp³-hybridized carbons (Fsp3) is 1.00. The average molecular weight is 762 g/mol. The number of piperidine rings is 5. The summed E-state index contributed by atoms with van der Waals surface area (Å²) in [6.07, 6.45) is 19.4. The number of morpholine rings is 1. The third kappa shape index (κ3) is 17.7. The molecule has 0 aromatic carbocycles. The summed E-state index contributed by atoms with van der Waals surface area (Å²) < 4.78 is 5.78. The van der Waals surface area contributed by atoms with Gasteiger partial charge in [0.05, 0.1) is 12.2 Å². The Kier molecular flexibility index (Phi) is 20.0. The van der Waals surface area contributed by atoms with E-state index in [1.807, 2.05) is 0 Å². The first-order valence-corrected chi connectivity index (χ1v) is 22.8. The maximum atomic E-state index is 5.78. The summed E-state index contributed by atoms with van der Waals surface area (Å²) in [6.45, 7) is 47.5. The largest absolute Gasteiger partial charge is 0.372 e. The molecular weight excluding hydrogens is 663 g/mol. The minimum atomic E-state index is 0. The summed E-state index contributed by atoms with van der Waals surface area (Å²) in [5.74, 6) is 2.10. The lowest BCUT2D eigenvalue weighted by Gasteiger charge is -2.52. The molecule has 8 rings (SSSR count). The number of likely N-dealkylation sites (tertiary alicyclic amines) is 4. The van der Waals surface area contributed by atoms with E-state index in [1.165, 1.54) is 136 Å². The molecule has 0 N–H and O–H groups in total. The molecule has 8 aliphatic rings. The van der Waals surface area contributed by atoms with Crippen LogP contribution < -0.4 is 0 Å². The van der Waals surface area contributed by atoms with Crippen molar-refractivity contribution in [3.05, 3.63) is 0 Å². The molecule has 7 aliphatic heterocycles. The summed E-state index contributed by atoms with van der Waals surface area (Å²) in [5.41, 5.74) is 1.95. The van der Waals surface area contributed by atoms with Crippen LogP contribution in [0.25, 0.3) is 0 Å². The Morgan fingerprint density at radius 3 is 0.778 bits per heavy atom. The van der Waals surface area contributed by atoms with Gasteiger partial charge >= 0.3 is 0 Å². The summed E-state index contributed by atoms with van der Waals surface area (Å²) in [4.78, 5) is 12.9. The maximum Gasteiger partial charge on any atom is 0.0707 e. The van der Waals surface area contributed by atoms with Crippen LogP contribution in [0.4, 0.5) is 0 Å². The Hall–Kier alpha value is -0.240. The zero-order chi connectivity index (χ0) is 39.7. The third-order valence-corrected chi connectivity index (χ3v) is 13.1. The van der Waals surface area contributed by atoms with Gasteiger partial charge in [0.25, 0.3) is 0 Å². The smallest absolute Gasteiger partial charge is 0.0707 e. The number of hydrogen-bond acceptors (Lipinski definition) is 6. The van der Waals surface area contributed by atoms with E-state index in [0.29, 0.717) is 39.9 Å². The summed E-state index contributed by atoms with van der Waals surface area (Å²) in [6, 6.07) is 0. The topological polar surface area (TPSA) is 25.4 Å². The molecule has 7 heterocycles. The second kappa shape index (κ2) is 21.7. The Bertz CT molecular complexity index is 898. The molecule has 2 unspecified atom stereocenters. The molecule has 6 nitrogen and oxygen atoms in total. The van der Waals surface area contributed by atoms with Crippen molar-refractivity contribution in [1.82, 2.24) is 24.5 Å². The SMILES string of the molecule is C.CC(C)(C)N1CC2CC(C2)C1.CC(C)(C)N1CC2CCC(C1)O2.CC(C)(C)N1CCCCC1.CC(C)(C)N1CCCCC1.CC(C)(C)N1CCCCC1. The molecule has 0 spiro atoms. The number of fused-ring (bicyclic) bond motifs is 4. The highest BCUT2D eigenvalue weighted by atomic mass is 16.5. The molecule has 8 fully saturated rings. The van der Waals surface area contributed by atoms with Crippen LogP contribution in [0.1, 0.15) is 195 Å². The van der Waals surface area contributed by atoms with E-state index in [4.69, 9.17) is 4.74 Å². The van der Waals surface area contributed by atoms with Crippen molar-refractivity contribution < 1.29 is 4.74 Å². The second-order valence-electron chi connectivity index (χ2n) is 23.0. The molecule has 0 aromatic heterocycles. The van der Waals surface area contributed by atoms with Gasteiger partial charge in [-0.05, 0) is 219 Å². The van der Waals surface area contributed by atoms with Crippen molar-refractivity contribution in [2.45, 2.75) is 235 Å². The van der Waals surface area contributed by atoms with Crippen molar-refractivity contribution in [3.8, 4) is 0 Å². The van der Waals surface area contributed by atoms with Crippen molar-refractivity contribution in [1.29, 1.82) is 0 Å². The van der Waals surface area contributed by atoms with Gasteiger partial charge in [0, 0.05) is 53.9 Å². The van der Waals surface area contributed by atoms with Crippen LogP contribution in [0.2, 0.25) is 0 Å². The van der Waals surface area contributed by atoms with Crippen molar-refractivity contribution in [2.24, 2.45) is 11.8 Å². The highest BCUT2D eigenvalue weighted by Crippen LogP contribution is 2.41. The van der Waals surface area contributed by atoms with Gasteiger partial charge < -0.3 is 4.74 Å². The Morgan fingerprint density at radius 1 is 0.333 bits per heavy atom. The quantitative estimate of drug-likeness (QED) is 0.244. The molecule has 1 saturated carbocycles. The predicted octanol–water partition coefficient (Wildman–Crippen LogP) is 11.2. The third-order valence-electron chi connectivity index (χ3n) is 13.1. The Balaban J connectivity index is 0.000000233. The molecule has 322 valence electrons. The van der Waals surface area contributed by atoms with Crippen LogP contribution in [0.3, 0.4) is 0 Å². The molecule has 2 atom stereocenters. The van der Waals surface area contributed by atoms with Gasteiger partial charge in [0.15, 0.2) is 0 Å². The van der Waals surface area contributed by atoms with Gasteiger partial charge in [-0.2, -0.15) is 0 Å². The second-order valence-corrected chi connectivity index (χ2v) is 23.0. The molecule has 6 heteroatoms. The minimum absolute atomic E-state index is 0. The van der Waals surface area contributed by atoms with Crippen LogP contribution in [-0.4, -0.2) is 130 Å². The first-order chi connectivity index (χ1) is 24.4. The molecule has 1 aliphatic carbocycles. The van der Waals surface area contributed by atoms with E-state index in [-0.39, 0.29) is 7.43 Å². The first kappa shape index (κ1) is 49.9. The summed E-state index contributed by atoms with van der Waals surface area (Å²) in [5, 5.41) is 0. The van der Waals surface area contributed by atoms with E-state index < -0.39 is 0 Å². The summed E-state index contributed by atoms with van der Waals surface area (Å²) in [7, 11) is 0. The molecule has 0 radical (unpaired) electrons. The first-order valence-electron chi connectivity index (χ1n) is 22.8. The zero-order valence-electron chi connectivity index (χ0n) is 38.7. The molecule has 4 bridgehead atoms. The summed E-state index contributed by atoms with van der Waals surface area (Å²) >= 11 is 0. The highest BCUT2D eigenvalue weighted by Gasteiger charge is 2.40. The van der Waals surface area contributed by atoms with Gasteiger partial charge in [0.2, 0.25) is 0 Å². The standard InChI is InChI=1S/C10H19NO.C10H19N.3C9H19N.CH4/c1-10(2,3)11-6-8-4-5-9(7-11)12-8;1-10(2,3)11-6-8-4-9(5-8)7-11;3*1-9(2,3)10-7-5-4-6-8-10;/h8-9H,4-7H2,1-3H3;8-9H,4-7H2,1-3H3;3*4-8H2,1-3H3;1H4. The van der Waals surface area contributed by atoms with Crippen LogP contribution in [0.15, 0.2) is 0 Å². The zero-order valence-corrected chi connectivity index (χ0v) is 38.7. The van der Waals surface area contributed by atoms with E-state index >= 15 is 0 Å². The highest BCUT2D eigenvalue weighted by molar-refractivity contribution is 4.94. The normalized spacial score (nSPS) is 28.9. The van der Waals surface area contributed by atoms with E-state index in [9.17, 15) is 0 Å². The fourth-order valence-electron chi connectivity index (χ4n) is 9.27. The van der Waals surface area contributed by atoms with Crippen LogP contribution in [0, 0.1) is 11.8 Å². The lowest BCUT2D eigenvalue weighted by molar-refractivity contribution is -0.0668. The molecule has 7 saturated heterocycles.